The molecule has 0 bridgehead atoms. The second kappa shape index (κ2) is 8.07. The van der Waals surface area contributed by atoms with E-state index in [1.54, 1.807) is 9.58 Å². The van der Waals surface area contributed by atoms with Gasteiger partial charge in [-0.2, -0.15) is 5.10 Å². The Bertz CT molecular complexity index is 1110. The van der Waals surface area contributed by atoms with E-state index in [-0.39, 0.29) is 22.2 Å². The van der Waals surface area contributed by atoms with Crippen molar-refractivity contribution in [3.05, 3.63) is 69.3 Å². The number of amides is 1. The number of aryl methyl sites for hydroxylation is 1. The highest BCUT2D eigenvalue weighted by Crippen LogP contribution is 2.24. The van der Waals surface area contributed by atoms with Crippen LogP contribution in [0.1, 0.15) is 16.1 Å². The van der Waals surface area contributed by atoms with Crippen molar-refractivity contribution in [3.8, 4) is 5.82 Å². The molecule has 10 nitrogen and oxygen atoms in total. The number of anilines is 1. The Balaban J connectivity index is 1.44. The first-order chi connectivity index (χ1) is 14.4. The average molecular weight is 428 g/mol. The van der Waals surface area contributed by atoms with E-state index in [0.29, 0.717) is 32.0 Å². The van der Waals surface area contributed by atoms with Gasteiger partial charge in [-0.1, -0.05) is 11.6 Å². The predicted molar refractivity (Wildman–Crippen MR) is 110 cm³/mol. The summed E-state index contributed by atoms with van der Waals surface area (Å²) in [5.74, 6) is 1.18. The van der Waals surface area contributed by atoms with Gasteiger partial charge in [0, 0.05) is 50.6 Å². The first kappa shape index (κ1) is 19.8. The van der Waals surface area contributed by atoms with Crippen molar-refractivity contribution < 1.29 is 9.72 Å². The van der Waals surface area contributed by atoms with Gasteiger partial charge < -0.3 is 9.80 Å². The summed E-state index contributed by atoms with van der Waals surface area (Å²) in [6, 6.07) is 7.64. The van der Waals surface area contributed by atoms with E-state index in [1.165, 1.54) is 24.5 Å². The minimum absolute atomic E-state index is 0.0755. The minimum atomic E-state index is -0.542. The number of nitrogens with zero attached hydrogens (tertiary/aromatic N) is 7. The number of benzene rings is 1. The van der Waals surface area contributed by atoms with Crippen LogP contribution in [0.5, 0.6) is 0 Å². The van der Waals surface area contributed by atoms with Crippen molar-refractivity contribution in [2.24, 2.45) is 0 Å². The molecule has 30 heavy (non-hydrogen) atoms. The maximum Gasteiger partial charge on any atom is 0.270 e. The number of piperazine rings is 1. The van der Waals surface area contributed by atoms with Gasteiger partial charge in [-0.3, -0.25) is 14.9 Å². The topological polar surface area (TPSA) is 110 Å². The number of carbonyl (C=O) groups excluding carboxylic acids is 1. The number of halogens is 1. The Labute approximate surface area is 176 Å². The van der Waals surface area contributed by atoms with Gasteiger partial charge in [0.25, 0.3) is 11.6 Å². The summed E-state index contributed by atoms with van der Waals surface area (Å²) >= 11 is 6.10. The molecule has 3 aromatic rings. The van der Waals surface area contributed by atoms with Crippen molar-refractivity contribution in [2.45, 2.75) is 6.92 Å². The van der Waals surface area contributed by atoms with Crippen LogP contribution < -0.4 is 4.90 Å². The first-order valence-corrected chi connectivity index (χ1v) is 9.63. The molecule has 1 aliphatic rings. The zero-order valence-electron chi connectivity index (χ0n) is 16.1. The Kier molecular flexibility index (Phi) is 5.32. The van der Waals surface area contributed by atoms with E-state index in [2.05, 4.69) is 20.0 Å². The van der Waals surface area contributed by atoms with Crippen LogP contribution >= 0.6 is 11.6 Å². The van der Waals surface area contributed by atoms with E-state index >= 15 is 0 Å². The van der Waals surface area contributed by atoms with Gasteiger partial charge in [-0.15, -0.1) is 0 Å². The molecule has 1 aliphatic heterocycles. The Morgan fingerprint density at radius 1 is 1.10 bits per heavy atom. The zero-order chi connectivity index (χ0) is 21.3. The van der Waals surface area contributed by atoms with Gasteiger partial charge in [0.05, 0.1) is 21.2 Å². The molecule has 3 heterocycles. The van der Waals surface area contributed by atoms with Gasteiger partial charge in [0.1, 0.15) is 12.1 Å². The number of hydrogen-bond acceptors (Lipinski definition) is 7. The molecular formula is C19H18ClN7O3. The maximum absolute atomic E-state index is 12.8. The van der Waals surface area contributed by atoms with Crippen molar-refractivity contribution in [1.82, 2.24) is 24.6 Å². The number of aromatic nitrogens is 4. The van der Waals surface area contributed by atoms with Crippen LogP contribution in [0.15, 0.2) is 42.9 Å². The Hall–Kier alpha value is -3.53. The predicted octanol–water partition coefficient (Wildman–Crippen LogP) is 2.49. The summed E-state index contributed by atoms with van der Waals surface area (Å²) in [4.78, 5) is 35.5. The highest BCUT2D eigenvalue weighted by Gasteiger charge is 2.25. The van der Waals surface area contributed by atoms with E-state index < -0.39 is 4.92 Å². The standard InChI is InChI=1S/C19H18ClN7O3/c1-13-4-5-26(23-13)18-11-17(21-12-22-18)24-6-8-25(9-7-24)19(28)15-3-2-14(27(29)30)10-16(15)20/h2-5,10-12H,6-9H2,1H3. The summed E-state index contributed by atoms with van der Waals surface area (Å²) in [5.41, 5.74) is 1.01. The van der Waals surface area contributed by atoms with Crippen molar-refractivity contribution in [3.63, 3.8) is 0 Å². The Morgan fingerprint density at radius 2 is 1.83 bits per heavy atom. The number of nitro benzene ring substituents is 1. The number of non-ortho nitro benzene ring substituents is 1. The third-order valence-electron chi connectivity index (χ3n) is 4.88. The zero-order valence-corrected chi connectivity index (χ0v) is 16.9. The molecule has 154 valence electrons. The van der Waals surface area contributed by atoms with Gasteiger partial charge in [0.15, 0.2) is 5.82 Å². The van der Waals surface area contributed by atoms with Crippen LogP contribution in [-0.4, -0.2) is 61.7 Å². The van der Waals surface area contributed by atoms with Gasteiger partial charge in [-0.25, -0.2) is 14.6 Å². The summed E-state index contributed by atoms with van der Waals surface area (Å²) in [6.45, 7) is 4.04. The molecule has 1 saturated heterocycles. The fourth-order valence-corrected chi connectivity index (χ4v) is 3.53. The molecule has 0 aliphatic carbocycles. The van der Waals surface area contributed by atoms with Crippen molar-refractivity contribution in [1.29, 1.82) is 0 Å². The smallest absolute Gasteiger partial charge is 0.270 e. The van der Waals surface area contributed by atoms with Crippen LogP contribution in [0.2, 0.25) is 5.02 Å². The largest absolute Gasteiger partial charge is 0.353 e. The molecule has 0 unspecified atom stereocenters. The molecule has 1 amide bonds. The molecule has 4 rings (SSSR count). The fraction of sp³-hybridized carbons (Fsp3) is 0.263. The summed E-state index contributed by atoms with van der Waals surface area (Å²) in [5, 5.41) is 15.3. The Morgan fingerprint density at radius 3 is 2.47 bits per heavy atom. The molecule has 0 radical (unpaired) electrons. The van der Waals surface area contributed by atoms with Gasteiger partial charge >= 0.3 is 0 Å². The van der Waals surface area contributed by atoms with E-state index in [9.17, 15) is 14.9 Å². The van der Waals surface area contributed by atoms with E-state index in [0.717, 1.165) is 11.5 Å². The monoisotopic (exact) mass is 427 g/mol. The number of hydrogen-bond donors (Lipinski definition) is 0. The highest BCUT2D eigenvalue weighted by atomic mass is 35.5. The van der Waals surface area contributed by atoms with E-state index in [1.807, 2.05) is 25.3 Å². The van der Waals surface area contributed by atoms with Crippen LogP contribution in [0.3, 0.4) is 0 Å². The van der Waals surface area contributed by atoms with Crippen LogP contribution in [0, 0.1) is 17.0 Å². The van der Waals surface area contributed by atoms with Crippen LogP contribution in [-0.2, 0) is 0 Å². The lowest BCUT2D eigenvalue weighted by molar-refractivity contribution is -0.384. The lowest BCUT2D eigenvalue weighted by atomic mass is 10.1. The lowest BCUT2D eigenvalue weighted by Crippen LogP contribution is -2.49. The molecule has 0 spiro atoms. The molecule has 11 heteroatoms. The van der Waals surface area contributed by atoms with Crippen molar-refractivity contribution in [2.75, 3.05) is 31.1 Å². The molecule has 1 fully saturated rings. The second-order valence-corrected chi connectivity index (χ2v) is 7.24. The van der Waals surface area contributed by atoms with E-state index in [4.69, 9.17) is 11.6 Å². The molecule has 0 atom stereocenters. The summed E-state index contributed by atoms with van der Waals surface area (Å²) in [7, 11) is 0. The van der Waals surface area contributed by atoms with Crippen molar-refractivity contribution >= 4 is 29.0 Å². The number of carbonyl (C=O) groups is 1. The summed E-state index contributed by atoms with van der Waals surface area (Å²) in [6.07, 6.45) is 3.34. The minimum Gasteiger partial charge on any atom is -0.353 e. The molecule has 2 aromatic heterocycles. The third kappa shape index (κ3) is 3.94. The lowest BCUT2D eigenvalue weighted by Gasteiger charge is -2.35. The van der Waals surface area contributed by atoms with Gasteiger partial charge in [-0.05, 0) is 19.1 Å². The summed E-state index contributed by atoms with van der Waals surface area (Å²) < 4.78 is 1.69. The quantitative estimate of drug-likeness (QED) is 0.464. The second-order valence-electron chi connectivity index (χ2n) is 6.84. The third-order valence-corrected chi connectivity index (χ3v) is 5.19. The molecular weight excluding hydrogens is 410 g/mol. The van der Waals surface area contributed by atoms with Crippen LogP contribution in [0.25, 0.3) is 5.82 Å². The molecule has 0 N–H and O–H groups in total. The maximum atomic E-state index is 12.8. The van der Waals surface area contributed by atoms with Gasteiger partial charge in [0.2, 0.25) is 0 Å². The molecule has 1 aromatic carbocycles. The average Bonchev–Trinajstić information content (AvgIpc) is 3.20. The number of nitro groups is 1. The fourth-order valence-electron chi connectivity index (χ4n) is 3.28. The normalized spacial score (nSPS) is 14.1. The van der Waals surface area contributed by atoms with Crippen LogP contribution in [0.4, 0.5) is 11.5 Å². The first-order valence-electron chi connectivity index (χ1n) is 9.25. The number of rotatable bonds is 4. The SMILES string of the molecule is Cc1ccn(-c2cc(N3CCN(C(=O)c4ccc([N+](=O)[O-])cc4Cl)CC3)ncn2)n1. The molecule has 0 saturated carbocycles. The highest BCUT2D eigenvalue weighted by molar-refractivity contribution is 6.34.